The van der Waals surface area contributed by atoms with Crippen molar-refractivity contribution in [1.82, 2.24) is 0 Å². The van der Waals surface area contributed by atoms with Crippen LogP contribution in [0, 0.1) is 0 Å². The highest BCUT2D eigenvalue weighted by Gasteiger charge is 2.39. The van der Waals surface area contributed by atoms with Gasteiger partial charge in [0.2, 0.25) is 0 Å². The van der Waals surface area contributed by atoms with E-state index in [0.29, 0.717) is 12.2 Å². The van der Waals surface area contributed by atoms with Crippen LogP contribution in [0.5, 0.6) is 0 Å². The zero-order valence-electron chi connectivity index (χ0n) is 19.9. The van der Waals surface area contributed by atoms with Crippen molar-refractivity contribution < 1.29 is 27.6 Å². The molecule has 0 fully saturated rings. The first-order valence-corrected chi connectivity index (χ1v) is 19.7. The van der Waals surface area contributed by atoms with Gasteiger partial charge in [0.1, 0.15) is 12.7 Å². The summed E-state index contributed by atoms with van der Waals surface area (Å²) in [4.78, 5) is 11.3. The van der Waals surface area contributed by atoms with Crippen molar-refractivity contribution in [3.05, 3.63) is 12.2 Å². The Morgan fingerprint density at radius 1 is 0.935 bits per heavy atom. The zero-order valence-corrected chi connectivity index (χ0v) is 22.9. The highest BCUT2D eigenvalue weighted by atomic mass is 28.5. The molecule has 0 aromatic carbocycles. The van der Waals surface area contributed by atoms with E-state index in [1.165, 1.54) is 18.9 Å². The molecular weight excluding hydrogens is 444 g/mol. The number of ether oxygens (including phenoxy) is 2. The predicted molar refractivity (Wildman–Crippen MR) is 140 cm³/mol. The molecule has 0 spiro atoms. The number of unbranched alkanes of at least 4 members (excludes halogenated alkanes) is 1. The van der Waals surface area contributed by atoms with Gasteiger partial charge >= 0.3 is 14.5 Å². The summed E-state index contributed by atoms with van der Waals surface area (Å²) in [5, 5.41) is 9.81. The summed E-state index contributed by atoms with van der Waals surface area (Å²) in [6.45, 7) is 21.3. The number of carbonyl (C=O) groups excluding carboxylic acids is 1. The lowest BCUT2D eigenvalue weighted by molar-refractivity contribution is -0.143. The van der Waals surface area contributed by atoms with E-state index in [1.807, 2.05) is 0 Å². The molecule has 0 bridgehead atoms. The third-order valence-electron chi connectivity index (χ3n) is 4.31. The van der Waals surface area contributed by atoms with Gasteiger partial charge < -0.3 is 22.8 Å². The van der Waals surface area contributed by atoms with Crippen LogP contribution in [0.3, 0.4) is 0 Å². The molecule has 0 aliphatic carbocycles. The first-order valence-electron chi connectivity index (χ1n) is 10.7. The standard InChI is InChI=1S/C20H44O6Si3.2CH4/c1-10-11-14-27(4,5)25-29(8,9)26-28(6,7)15-12-13-23-16-19(21)17-24-20(22)18(2)3;;/h19,21H,2,10-17H2,1,3-9H3;2*1H4. The van der Waals surface area contributed by atoms with Gasteiger partial charge in [0.15, 0.2) is 16.6 Å². The molecule has 0 aromatic rings. The molecule has 0 aliphatic heterocycles. The van der Waals surface area contributed by atoms with Crippen molar-refractivity contribution in [2.45, 2.75) is 105 Å². The molecule has 0 saturated carbocycles. The molecule has 9 heteroatoms. The van der Waals surface area contributed by atoms with Gasteiger partial charge in [-0.3, -0.25) is 0 Å². The number of hydrogen-bond donors (Lipinski definition) is 1. The Morgan fingerprint density at radius 3 is 1.87 bits per heavy atom. The molecule has 0 heterocycles. The van der Waals surface area contributed by atoms with Crippen molar-refractivity contribution >= 4 is 31.2 Å². The Balaban J connectivity index is -0.00000392. The van der Waals surface area contributed by atoms with E-state index in [-0.39, 0.29) is 28.1 Å². The fourth-order valence-electron chi connectivity index (χ4n) is 3.22. The number of aliphatic hydroxyl groups is 1. The van der Waals surface area contributed by atoms with Crippen LogP contribution in [0.15, 0.2) is 12.2 Å². The third-order valence-corrected chi connectivity index (χ3v) is 15.8. The Kier molecular flexibility index (Phi) is 18.6. The molecule has 188 valence electrons. The van der Waals surface area contributed by atoms with Crippen LogP contribution >= 0.6 is 0 Å². The Bertz CT molecular complexity index is 509. The smallest absolute Gasteiger partial charge is 0.333 e. The summed E-state index contributed by atoms with van der Waals surface area (Å²) in [5.41, 5.74) is 0.317. The molecule has 1 atom stereocenters. The fourth-order valence-corrected chi connectivity index (χ4v) is 17.4. The second-order valence-corrected chi connectivity index (χ2v) is 21.9. The summed E-state index contributed by atoms with van der Waals surface area (Å²) < 4.78 is 23.6. The largest absolute Gasteiger partial charge is 0.460 e. The summed E-state index contributed by atoms with van der Waals surface area (Å²) in [6.07, 6.45) is 2.47. The monoisotopic (exact) mass is 496 g/mol. The Morgan fingerprint density at radius 2 is 1.42 bits per heavy atom. The zero-order chi connectivity index (χ0) is 22.7. The molecule has 0 aliphatic rings. The predicted octanol–water partition coefficient (Wildman–Crippen LogP) is 6.09. The topological polar surface area (TPSA) is 74.2 Å². The van der Waals surface area contributed by atoms with E-state index in [1.54, 1.807) is 6.92 Å². The average Bonchev–Trinajstić information content (AvgIpc) is 2.55. The molecule has 0 radical (unpaired) electrons. The van der Waals surface area contributed by atoms with Gasteiger partial charge in [-0.1, -0.05) is 41.2 Å². The maximum Gasteiger partial charge on any atom is 0.333 e. The number of esters is 1. The van der Waals surface area contributed by atoms with Crippen molar-refractivity contribution in [3.8, 4) is 0 Å². The molecule has 0 rings (SSSR count). The highest BCUT2D eigenvalue weighted by molar-refractivity contribution is 6.87. The van der Waals surface area contributed by atoms with Gasteiger partial charge in [-0.15, -0.1) is 0 Å². The minimum atomic E-state index is -2.15. The second kappa shape index (κ2) is 16.3. The minimum Gasteiger partial charge on any atom is -0.460 e. The van der Waals surface area contributed by atoms with Crippen LogP contribution in [0.25, 0.3) is 0 Å². The van der Waals surface area contributed by atoms with Gasteiger partial charge in [0, 0.05) is 12.2 Å². The SMILES string of the molecule is C.C.C=C(C)C(=O)OCC(O)COCCC[Si](C)(C)O[Si](C)(C)O[Si](C)(C)CCCC. The summed E-state index contributed by atoms with van der Waals surface area (Å²) in [6, 6.07) is 2.16. The molecule has 6 nitrogen and oxygen atoms in total. The van der Waals surface area contributed by atoms with Crippen LogP contribution in [0.2, 0.25) is 51.4 Å². The fraction of sp³-hybridized carbons (Fsp3) is 0.864. The van der Waals surface area contributed by atoms with Crippen molar-refractivity contribution in [2.24, 2.45) is 0 Å². The first kappa shape index (κ1) is 35.3. The number of carbonyl (C=O) groups is 1. The van der Waals surface area contributed by atoms with Crippen molar-refractivity contribution in [2.75, 3.05) is 19.8 Å². The van der Waals surface area contributed by atoms with Crippen LogP contribution in [0.1, 0.15) is 48.0 Å². The molecule has 1 N–H and O–H groups in total. The quantitative estimate of drug-likeness (QED) is 0.121. The molecular formula is C22H52O6Si3. The summed E-state index contributed by atoms with van der Waals surface area (Å²) in [5.74, 6) is -0.496. The molecule has 31 heavy (non-hydrogen) atoms. The number of rotatable bonds is 16. The minimum absolute atomic E-state index is 0. The molecule has 0 amide bonds. The van der Waals surface area contributed by atoms with E-state index in [9.17, 15) is 9.90 Å². The Labute approximate surface area is 196 Å². The maximum atomic E-state index is 11.3. The van der Waals surface area contributed by atoms with Crippen LogP contribution in [-0.2, 0) is 22.5 Å². The molecule has 1 unspecified atom stereocenters. The highest BCUT2D eigenvalue weighted by Crippen LogP contribution is 2.26. The maximum absolute atomic E-state index is 11.3. The van der Waals surface area contributed by atoms with Crippen LogP contribution in [0.4, 0.5) is 0 Å². The van der Waals surface area contributed by atoms with Crippen molar-refractivity contribution in [3.63, 3.8) is 0 Å². The Hall–Kier alpha value is -0.299. The van der Waals surface area contributed by atoms with Gasteiger partial charge in [-0.05, 0) is 64.7 Å². The van der Waals surface area contributed by atoms with E-state index < -0.39 is 37.3 Å². The van der Waals surface area contributed by atoms with Gasteiger partial charge in [-0.2, -0.15) is 0 Å². The number of hydrogen-bond acceptors (Lipinski definition) is 6. The lowest BCUT2D eigenvalue weighted by Gasteiger charge is -2.38. The number of aliphatic hydroxyl groups excluding tert-OH is 1. The van der Waals surface area contributed by atoms with Crippen LogP contribution < -0.4 is 0 Å². The first-order chi connectivity index (χ1) is 13.2. The average molecular weight is 497 g/mol. The molecule has 0 saturated heterocycles. The second-order valence-electron chi connectivity index (χ2n) is 9.44. The van der Waals surface area contributed by atoms with Gasteiger partial charge in [-0.25, -0.2) is 4.79 Å². The van der Waals surface area contributed by atoms with Crippen molar-refractivity contribution in [1.29, 1.82) is 0 Å². The third kappa shape index (κ3) is 18.9. The van der Waals surface area contributed by atoms with E-state index in [2.05, 4.69) is 52.8 Å². The molecule has 0 aromatic heterocycles. The summed E-state index contributed by atoms with van der Waals surface area (Å²) >= 11 is 0. The lowest BCUT2D eigenvalue weighted by Crippen LogP contribution is -2.52. The lowest BCUT2D eigenvalue weighted by atomic mass is 10.3. The van der Waals surface area contributed by atoms with E-state index in [4.69, 9.17) is 17.7 Å². The van der Waals surface area contributed by atoms with Gasteiger partial charge in [0.25, 0.3) is 0 Å². The summed E-state index contributed by atoms with van der Waals surface area (Å²) in [7, 11) is -5.68. The normalized spacial score (nSPS) is 13.1. The van der Waals surface area contributed by atoms with Crippen LogP contribution in [-0.4, -0.2) is 62.2 Å². The van der Waals surface area contributed by atoms with Gasteiger partial charge in [0.05, 0.1) is 6.61 Å². The van der Waals surface area contributed by atoms with E-state index >= 15 is 0 Å². The van der Waals surface area contributed by atoms with E-state index in [0.717, 1.165) is 12.5 Å².